The molecule has 2 aliphatic heterocycles. The third kappa shape index (κ3) is 8.21. The van der Waals surface area contributed by atoms with Crippen LogP contribution in [0.25, 0.3) is 0 Å². The zero-order valence-electron chi connectivity index (χ0n) is 18.4. The molecule has 1 aliphatic carbocycles. The quantitative estimate of drug-likeness (QED) is 0.149. The molecule has 2 heterocycles. The predicted octanol–water partition coefficient (Wildman–Crippen LogP) is 7.57. The number of hydrogen-bond acceptors (Lipinski definition) is 3. The van der Waals surface area contributed by atoms with Crippen LogP contribution >= 0.6 is 31.9 Å². The van der Waals surface area contributed by atoms with Crippen LogP contribution in [0, 0.1) is 48.0 Å². The topological polar surface area (TPSA) is 50.1 Å². The van der Waals surface area contributed by atoms with Crippen molar-refractivity contribution in [2.75, 3.05) is 10.7 Å². The van der Waals surface area contributed by atoms with E-state index < -0.39 is 0 Å². The van der Waals surface area contributed by atoms with Crippen LogP contribution in [0.1, 0.15) is 89.9 Å². The minimum atomic E-state index is 0.145. The minimum absolute atomic E-state index is 0.145. The van der Waals surface area contributed by atoms with Crippen molar-refractivity contribution < 1.29 is 9.53 Å². The molecule has 0 aromatic carbocycles. The molecular weight excluding hydrogens is 506 g/mol. The summed E-state index contributed by atoms with van der Waals surface area (Å²) < 4.78 is 6.14. The van der Waals surface area contributed by atoms with Crippen LogP contribution in [0.2, 0.25) is 0 Å². The molecule has 5 atom stereocenters. The summed E-state index contributed by atoms with van der Waals surface area (Å²) >= 11 is 7.24. The molecule has 2 radical (unpaired) electrons. The molecule has 0 aromatic heterocycles. The minimum Gasteiger partial charge on any atom is -0.360 e. The largest absolute Gasteiger partial charge is 0.360 e. The molecular formula is C25H39Br2NO2. The van der Waals surface area contributed by atoms with E-state index in [1.54, 1.807) is 0 Å². The molecule has 0 spiro atoms. The van der Waals surface area contributed by atoms with Gasteiger partial charge in [0, 0.05) is 28.9 Å². The fraction of sp³-hybridized carbons (Fsp3) is 0.840. The summed E-state index contributed by atoms with van der Waals surface area (Å²) in [6, 6.07) is 2.48. The Morgan fingerprint density at radius 2 is 1.63 bits per heavy atom. The Balaban J connectivity index is 1.61. The van der Waals surface area contributed by atoms with E-state index in [1.807, 2.05) is 0 Å². The highest BCUT2D eigenvalue weighted by molar-refractivity contribution is 9.09. The number of carbonyl (C=O) groups is 1. The Morgan fingerprint density at radius 3 is 2.23 bits per heavy atom. The molecule has 3 rings (SSSR count). The lowest BCUT2D eigenvalue weighted by molar-refractivity contribution is -0.147. The lowest BCUT2D eigenvalue weighted by atomic mass is 9.67. The average molecular weight is 545 g/mol. The van der Waals surface area contributed by atoms with Crippen LogP contribution in [0.15, 0.2) is 0 Å². The summed E-state index contributed by atoms with van der Waals surface area (Å²) in [6.07, 6.45) is 15.9. The SMILES string of the molecule is [CH2]CCCCCCCCC(C#N)CCCCC(=O)[C]1OC2CC(CBr)C1CC2CBr. The molecule has 2 saturated heterocycles. The molecule has 0 N–H and O–H groups in total. The van der Waals surface area contributed by atoms with E-state index in [0.717, 1.165) is 68.1 Å². The predicted molar refractivity (Wildman–Crippen MR) is 130 cm³/mol. The molecule has 1 saturated carbocycles. The number of carbonyl (C=O) groups excluding carboxylic acids is 1. The van der Waals surface area contributed by atoms with Crippen molar-refractivity contribution in [3.05, 3.63) is 13.0 Å². The molecule has 2 bridgehead atoms. The monoisotopic (exact) mass is 543 g/mol. The summed E-state index contributed by atoms with van der Waals surface area (Å²) in [7, 11) is 0. The van der Waals surface area contributed by atoms with Crippen LogP contribution in [0.5, 0.6) is 0 Å². The van der Waals surface area contributed by atoms with Crippen molar-refractivity contribution in [2.45, 2.75) is 96.0 Å². The van der Waals surface area contributed by atoms with Gasteiger partial charge < -0.3 is 4.74 Å². The molecule has 0 aromatic rings. The second-order valence-corrected chi connectivity index (χ2v) is 10.5. The number of rotatable bonds is 16. The van der Waals surface area contributed by atoms with Crippen molar-refractivity contribution in [1.29, 1.82) is 5.26 Å². The number of ether oxygens (including phenoxy) is 1. The number of nitrogens with zero attached hydrogens (tertiary/aromatic N) is 1. The van der Waals surface area contributed by atoms with Crippen molar-refractivity contribution >= 4 is 37.6 Å². The number of fused-ring (bicyclic) bond motifs is 3. The third-order valence-electron chi connectivity index (χ3n) is 6.91. The highest BCUT2D eigenvalue weighted by Gasteiger charge is 2.50. The lowest BCUT2D eigenvalue weighted by Crippen LogP contribution is -2.50. The van der Waals surface area contributed by atoms with Crippen molar-refractivity contribution in [3.8, 4) is 6.07 Å². The maximum atomic E-state index is 12.8. The number of halogens is 2. The van der Waals surface area contributed by atoms with Gasteiger partial charge in [-0.1, -0.05) is 90.2 Å². The van der Waals surface area contributed by atoms with Crippen molar-refractivity contribution in [3.63, 3.8) is 0 Å². The van der Waals surface area contributed by atoms with Crippen LogP contribution < -0.4 is 0 Å². The smallest absolute Gasteiger partial charge is 0.168 e. The van der Waals surface area contributed by atoms with Gasteiger partial charge in [-0.3, -0.25) is 4.79 Å². The number of unbranched alkanes of at least 4 members (excludes halogenated alkanes) is 7. The van der Waals surface area contributed by atoms with Crippen molar-refractivity contribution in [2.24, 2.45) is 23.7 Å². The molecule has 3 nitrogen and oxygen atoms in total. The zero-order chi connectivity index (χ0) is 21.8. The summed E-state index contributed by atoms with van der Waals surface area (Å²) in [5.74, 6) is 1.69. The Morgan fingerprint density at radius 1 is 1.00 bits per heavy atom. The Bertz CT molecular complexity index is 536. The van der Waals surface area contributed by atoms with E-state index in [1.165, 1.54) is 32.1 Å². The molecule has 30 heavy (non-hydrogen) atoms. The van der Waals surface area contributed by atoms with Gasteiger partial charge in [-0.25, -0.2) is 0 Å². The number of ketones is 1. The van der Waals surface area contributed by atoms with Gasteiger partial charge in [0.1, 0.15) is 0 Å². The average Bonchev–Trinajstić information content (AvgIpc) is 2.79. The summed E-state index contributed by atoms with van der Waals surface area (Å²) in [5.41, 5.74) is 0. The van der Waals surface area contributed by atoms with E-state index in [2.05, 4.69) is 44.9 Å². The van der Waals surface area contributed by atoms with Gasteiger partial charge in [0.05, 0.1) is 12.2 Å². The first-order valence-electron chi connectivity index (χ1n) is 12.0. The van der Waals surface area contributed by atoms with Gasteiger partial charge in [-0.2, -0.15) is 5.26 Å². The third-order valence-corrected chi connectivity index (χ3v) is 8.58. The fourth-order valence-electron chi connectivity index (χ4n) is 4.99. The highest BCUT2D eigenvalue weighted by Crippen LogP contribution is 2.49. The van der Waals surface area contributed by atoms with Gasteiger partial charge in [0.15, 0.2) is 11.9 Å². The van der Waals surface area contributed by atoms with Crippen LogP contribution in [0.4, 0.5) is 0 Å². The van der Waals surface area contributed by atoms with E-state index in [4.69, 9.17) is 4.74 Å². The zero-order valence-corrected chi connectivity index (χ0v) is 21.6. The standard InChI is InChI=1S/C25H39Br2NO2/c1-2-3-4-5-6-7-8-11-19(18-28)12-9-10-13-23(29)25-22-14-21(17-27)24(30-25)15-20(22)16-26/h19-22,24H,1-17H2. The van der Waals surface area contributed by atoms with Crippen LogP contribution in [-0.4, -0.2) is 22.5 Å². The van der Waals surface area contributed by atoms with Gasteiger partial charge in [-0.15, -0.1) is 0 Å². The van der Waals surface area contributed by atoms with Gasteiger partial charge in [-0.05, 0) is 43.9 Å². The van der Waals surface area contributed by atoms with E-state index in [9.17, 15) is 10.1 Å². The number of nitriles is 1. The van der Waals surface area contributed by atoms with Crippen LogP contribution in [-0.2, 0) is 9.53 Å². The lowest BCUT2D eigenvalue weighted by Gasteiger charge is -2.49. The molecule has 3 fully saturated rings. The van der Waals surface area contributed by atoms with Crippen LogP contribution in [0.3, 0.4) is 0 Å². The maximum Gasteiger partial charge on any atom is 0.168 e. The molecule has 0 amide bonds. The first-order chi connectivity index (χ1) is 14.6. The second-order valence-electron chi connectivity index (χ2n) is 9.19. The second kappa shape index (κ2) is 15.0. The summed E-state index contributed by atoms with van der Waals surface area (Å²) in [5, 5.41) is 11.3. The van der Waals surface area contributed by atoms with Gasteiger partial charge >= 0.3 is 0 Å². The maximum absolute atomic E-state index is 12.8. The van der Waals surface area contributed by atoms with Crippen molar-refractivity contribution in [1.82, 2.24) is 0 Å². The Hall–Kier alpha value is 0.0800. The Kier molecular flexibility index (Phi) is 13.2. The van der Waals surface area contributed by atoms with E-state index >= 15 is 0 Å². The van der Waals surface area contributed by atoms with E-state index in [0.29, 0.717) is 18.3 Å². The number of hydrogen-bond donors (Lipinski definition) is 0. The van der Waals surface area contributed by atoms with E-state index in [-0.39, 0.29) is 23.7 Å². The number of alkyl halides is 2. The summed E-state index contributed by atoms with van der Waals surface area (Å²) in [6.45, 7) is 3.88. The summed E-state index contributed by atoms with van der Waals surface area (Å²) in [4.78, 5) is 12.8. The van der Waals surface area contributed by atoms with Gasteiger partial charge in [0.25, 0.3) is 0 Å². The highest BCUT2D eigenvalue weighted by atomic mass is 79.9. The molecule has 5 unspecified atom stereocenters. The Labute approximate surface area is 201 Å². The fourth-order valence-corrected chi connectivity index (χ4v) is 6.39. The van der Waals surface area contributed by atoms with Gasteiger partial charge in [0.2, 0.25) is 0 Å². The first kappa shape index (κ1) is 26.3. The molecule has 170 valence electrons. The number of Topliss-reactive ketones (excluding diaryl/α,β-unsaturated/α-hetero) is 1. The first-order valence-corrected chi connectivity index (χ1v) is 14.3. The normalized spacial score (nSPS) is 27.1. The molecule has 3 aliphatic rings. The molecule has 5 heteroatoms.